The zero-order valence-electron chi connectivity index (χ0n) is 18.5. The smallest absolute Gasteiger partial charge is 0.374 e. The molecule has 7 heteroatoms. The van der Waals surface area contributed by atoms with E-state index in [2.05, 4.69) is 12.2 Å². The van der Waals surface area contributed by atoms with Gasteiger partial charge in [-0.3, -0.25) is 9.59 Å². The molecule has 0 aliphatic carbocycles. The fraction of sp³-hybridized carbons (Fsp3) is 0.320. The van der Waals surface area contributed by atoms with Crippen LogP contribution in [0.15, 0.2) is 57.7 Å². The van der Waals surface area contributed by atoms with Crippen molar-refractivity contribution in [1.29, 1.82) is 0 Å². The molecular weight excluding hydrogens is 410 g/mol. The average molecular weight is 437 g/mol. The van der Waals surface area contributed by atoms with Crippen molar-refractivity contribution in [3.05, 3.63) is 70.1 Å². The Bertz CT molecular complexity index is 1150. The van der Waals surface area contributed by atoms with E-state index >= 15 is 0 Å². The van der Waals surface area contributed by atoms with Crippen molar-refractivity contribution < 1.29 is 23.5 Å². The number of hydrogen-bond donors (Lipinski definition) is 1. The molecule has 0 aliphatic heterocycles. The predicted octanol–water partition coefficient (Wildman–Crippen LogP) is 5.18. The number of benzene rings is 2. The van der Waals surface area contributed by atoms with Gasteiger partial charge in [0.05, 0.1) is 23.8 Å². The van der Waals surface area contributed by atoms with Gasteiger partial charge in [-0.15, -0.1) is 0 Å². The summed E-state index contributed by atoms with van der Waals surface area (Å²) in [6.45, 7) is 6.16. The molecule has 0 spiro atoms. The summed E-state index contributed by atoms with van der Waals surface area (Å²) >= 11 is 0. The van der Waals surface area contributed by atoms with Gasteiger partial charge in [0.25, 0.3) is 5.91 Å². The molecule has 0 atom stereocenters. The number of hydrogen-bond acceptors (Lipinski definition) is 6. The van der Waals surface area contributed by atoms with Gasteiger partial charge in [0.15, 0.2) is 11.0 Å². The highest BCUT2D eigenvalue weighted by atomic mass is 16.6. The molecular formula is C25H27NO6. The molecule has 1 N–H and O–H groups in total. The minimum atomic E-state index is -0.741. The van der Waals surface area contributed by atoms with E-state index in [9.17, 15) is 14.4 Å². The number of para-hydroxylation sites is 1. The van der Waals surface area contributed by atoms with Gasteiger partial charge >= 0.3 is 5.97 Å². The molecule has 32 heavy (non-hydrogen) atoms. The summed E-state index contributed by atoms with van der Waals surface area (Å²) in [7, 11) is 0. The van der Waals surface area contributed by atoms with Crippen LogP contribution in [0.3, 0.4) is 0 Å². The highest BCUT2D eigenvalue weighted by Gasteiger charge is 2.18. The second-order valence-corrected chi connectivity index (χ2v) is 7.65. The molecule has 1 aromatic heterocycles. The molecule has 3 rings (SSSR count). The van der Waals surface area contributed by atoms with Crippen LogP contribution in [0.2, 0.25) is 0 Å². The summed E-state index contributed by atoms with van der Waals surface area (Å²) in [5, 5.41) is 3.00. The van der Waals surface area contributed by atoms with E-state index in [1.165, 1.54) is 0 Å². The number of fused-ring (bicyclic) bond motifs is 1. The SMILES string of the molecule is CCCCCOc1ccc(C(=O)Nc2cccc3c(=O)cc(C(=O)OC(C)C)oc23)cc1. The first-order chi connectivity index (χ1) is 15.4. The van der Waals surface area contributed by atoms with Gasteiger partial charge in [-0.05, 0) is 56.7 Å². The number of carbonyl (C=O) groups excluding carboxylic acids is 2. The standard InChI is InChI=1S/C25H27NO6/c1-4-5-6-14-30-18-12-10-17(11-13-18)24(28)26-20-9-7-8-19-21(27)15-22(32-23(19)20)25(29)31-16(2)3/h7-13,15-16H,4-6,14H2,1-3H3,(H,26,28). The first kappa shape index (κ1) is 23.1. The number of unbranched alkanes of at least 4 members (excludes halogenated alkanes) is 2. The quantitative estimate of drug-likeness (QED) is 0.366. The lowest BCUT2D eigenvalue weighted by atomic mass is 10.1. The van der Waals surface area contributed by atoms with E-state index < -0.39 is 11.4 Å². The van der Waals surface area contributed by atoms with Crippen molar-refractivity contribution in [1.82, 2.24) is 0 Å². The van der Waals surface area contributed by atoms with Gasteiger partial charge < -0.3 is 19.2 Å². The first-order valence-corrected chi connectivity index (χ1v) is 10.7. The van der Waals surface area contributed by atoms with Crippen LogP contribution in [-0.2, 0) is 4.74 Å². The van der Waals surface area contributed by atoms with Crippen molar-refractivity contribution in [2.24, 2.45) is 0 Å². The van der Waals surface area contributed by atoms with Crippen molar-refractivity contribution >= 4 is 28.5 Å². The van der Waals surface area contributed by atoms with Gasteiger partial charge in [0.1, 0.15) is 5.75 Å². The molecule has 0 fully saturated rings. The Labute approximate surface area is 186 Å². The second kappa shape index (κ2) is 10.6. The molecule has 0 radical (unpaired) electrons. The number of amides is 1. The Balaban J connectivity index is 1.80. The minimum absolute atomic E-state index is 0.111. The molecule has 2 aromatic carbocycles. The molecule has 168 valence electrons. The fourth-order valence-electron chi connectivity index (χ4n) is 3.09. The van der Waals surface area contributed by atoms with Gasteiger partial charge in [-0.25, -0.2) is 4.79 Å². The van der Waals surface area contributed by atoms with Gasteiger partial charge in [0, 0.05) is 11.6 Å². The molecule has 0 saturated heterocycles. The molecule has 3 aromatic rings. The Hall–Kier alpha value is -3.61. The molecule has 7 nitrogen and oxygen atoms in total. The summed E-state index contributed by atoms with van der Waals surface area (Å²) in [5.41, 5.74) is 0.409. The van der Waals surface area contributed by atoms with Crippen LogP contribution in [0.1, 0.15) is 60.9 Å². The van der Waals surface area contributed by atoms with E-state index in [1.807, 2.05) is 0 Å². The lowest BCUT2D eigenvalue weighted by molar-refractivity contribution is 0.0342. The zero-order chi connectivity index (χ0) is 23.1. The van der Waals surface area contributed by atoms with Crippen molar-refractivity contribution in [2.75, 3.05) is 11.9 Å². The number of rotatable bonds is 9. The van der Waals surface area contributed by atoms with Gasteiger partial charge in [-0.2, -0.15) is 0 Å². The highest BCUT2D eigenvalue weighted by Crippen LogP contribution is 2.24. The molecule has 1 heterocycles. The normalized spacial score (nSPS) is 10.9. The highest BCUT2D eigenvalue weighted by molar-refractivity contribution is 6.08. The third-order valence-corrected chi connectivity index (χ3v) is 4.68. The lowest BCUT2D eigenvalue weighted by Crippen LogP contribution is -2.16. The van der Waals surface area contributed by atoms with Crippen molar-refractivity contribution in [3.63, 3.8) is 0 Å². The molecule has 0 bridgehead atoms. The summed E-state index contributed by atoms with van der Waals surface area (Å²) in [6, 6.07) is 12.7. The monoisotopic (exact) mass is 437 g/mol. The van der Waals surface area contributed by atoms with Crippen LogP contribution in [0.5, 0.6) is 5.75 Å². The van der Waals surface area contributed by atoms with E-state index in [0.29, 0.717) is 17.9 Å². The Morgan fingerprint density at radius 3 is 2.50 bits per heavy atom. The van der Waals surface area contributed by atoms with Crippen LogP contribution in [0.4, 0.5) is 5.69 Å². The number of anilines is 1. The zero-order valence-corrected chi connectivity index (χ0v) is 18.5. The Morgan fingerprint density at radius 1 is 1.06 bits per heavy atom. The topological polar surface area (TPSA) is 94.8 Å². The van der Waals surface area contributed by atoms with Crippen LogP contribution in [0.25, 0.3) is 11.0 Å². The summed E-state index contributed by atoms with van der Waals surface area (Å²) in [5.74, 6) is -0.646. The third kappa shape index (κ3) is 5.75. The largest absolute Gasteiger partial charge is 0.494 e. The second-order valence-electron chi connectivity index (χ2n) is 7.65. The molecule has 1 amide bonds. The van der Waals surface area contributed by atoms with Crippen LogP contribution < -0.4 is 15.5 Å². The summed E-state index contributed by atoms with van der Waals surface area (Å²) in [4.78, 5) is 37.4. The van der Waals surface area contributed by atoms with Crippen LogP contribution >= 0.6 is 0 Å². The van der Waals surface area contributed by atoms with E-state index in [4.69, 9.17) is 13.9 Å². The van der Waals surface area contributed by atoms with E-state index in [1.54, 1.807) is 56.3 Å². The lowest BCUT2D eigenvalue weighted by Gasteiger charge is -2.11. The maximum Gasteiger partial charge on any atom is 0.374 e. The molecule has 0 saturated carbocycles. The first-order valence-electron chi connectivity index (χ1n) is 10.7. The predicted molar refractivity (Wildman–Crippen MR) is 122 cm³/mol. The van der Waals surface area contributed by atoms with Gasteiger partial charge in [0.2, 0.25) is 5.76 Å². The van der Waals surface area contributed by atoms with Crippen LogP contribution in [-0.4, -0.2) is 24.6 Å². The molecule has 0 aliphatic rings. The molecule has 0 unspecified atom stereocenters. The average Bonchev–Trinajstić information content (AvgIpc) is 2.77. The van der Waals surface area contributed by atoms with Crippen molar-refractivity contribution in [3.8, 4) is 5.75 Å². The van der Waals surface area contributed by atoms with Gasteiger partial charge in [-0.1, -0.05) is 25.8 Å². The number of ether oxygens (including phenoxy) is 2. The third-order valence-electron chi connectivity index (χ3n) is 4.68. The van der Waals surface area contributed by atoms with E-state index in [-0.39, 0.29) is 34.4 Å². The fourth-order valence-corrected chi connectivity index (χ4v) is 3.09. The maximum absolute atomic E-state index is 12.8. The summed E-state index contributed by atoms with van der Waals surface area (Å²) < 4.78 is 16.4. The summed E-state index contributed by atoms with van der Waals surface area (Å²) in [6.07, 6.45) is 2.85. The van der Waals surface area contributed by atoms with Crippen molar-refractivity contribution in [2.45, 2.75) is 46.1 Å². The van der Waals surface area contributed by atoms with E-state index in [0.717, 1.165) is 25.3 Å². The number of carbonyl (C=O) groups is 2. The number of nitrogens with one attached hydrogen (secondary N) is 1. The number of esters is 1. The Kier molecular flexibility index (Phi) is 7.65. The van der Waals surface area contributed by atoms with Crippen LogP contribution in [0, 0.1) is 0 Å². The Morgan fingerprint density at radius 2 is 1.81 bits per heavy atom. The minimum Gasteiger partial charge on any atom is -0.494 e. The maximum atomic E-state index is 12.8.